The summed E-state index contributed by atoms with van der Waals surface area (Å²) in [6.45, 7) is 3.13. The normalized spacial score (nSPS) is 13.5. The zero-order valence-electron chi connectivity index (χ0n) is 11.3. The van der Waals surface area contributed by atoms with Crippen LogP contribution >= 0.6 is 0 Å². The van der Waals surface area contributed by atoms with Gasteiger partial charge in [-0.15, -0.1) is 0 Å². The highest BCUT2D eigenvalue weighted by Gasteiger charge is 2.32. The van der Waals surface area contributed by atoms with Crippen molar-refractivity contribution < 1.29 is 14.7 Å². The number of carboxylic acids is 1. The Hall–Kier alpha value is -2.38. The topological polar surface area (TPSA) is 121 Å². The first kappa shape index (κ1) is 15.7. The van der Waals surface area contributed by atoms with Gasteiger partial charge in [0.1, 0.15) is 5.54 Å². The van der Waals surface area contributed by atoms with E-state index >= 15 is 0 Å². The molecule has 0 bridgehead atoms. The van der Waals surface area contributed by atoms with Crippen molar-refractivity contribution in [3.63, 3.8) is 0 Å². The molecule has 20 heavy (non-hydrogen) atoms. The Morgan fingerprint density at radius 1 is 1.45 bits per heavy atom. The van der Waals surface area contributed by atoms with Crippen LogP contribution < -0.4 is 16.6 Å². The Morgan fingerprint density at radius 2 is 2.10 bits per heavy atom. The zero-order chi connectivity index (χ0) is 15.3. The summed E-state index contributed by atoms with van der Waals surface area (Å²) in [6, 6.07) is 1.17. The first-order valence-corrected chi connectivity index (χ1v) is 6.12. The van der Waals surface area contributed by atoms with E-state index in [1.807, 2.05) is 0 Å². The number of hydrogen-bond donors (Lipinski definition) is 3. The molecule has 8 heteroatoms. The maximum Gasteiger partial charge on any atom is 0.329 e. The van der Waals surface area contributed by atoms with Crippen LogP contribution in [-0.2, 0) is 16.1 Å². The fraction of sp³-hybridized carbons (Fsp3) is 0.500. The molecule has 0 fully saturated rings. The third-order valence-electron chi connectivity index (χ3n) is 3.07. The lowest BCUT2D eigenvalue weighted by Gasteiger charge is -2.24. The molecule has 1 amide bonds. The zero-order valence-corrected chi connectivity index (χ0v) is 11.3. The second kappa shape index (κ2) is 6.18. The largest absolute Gasteiger partial charge is 0.480 e. The van der Waals surface area contributed by atoms with Crippen LogP contribution in [0, 0.1) is 0 Å². The molecule has 1 aromatic rings. The number of carboxylic acid groups (broad SMARTS) is 1. The summed E-state index contributed by atoms with van der Waals surface area (Å²) in [5.74, 6) is -1.59. The molecule has 3 N–H and O–H groups in total. The highest BCUT2D eigenvalue weighted by molar-refractivity contribution is 5.86. The van der Waals surface area contributed by atoms with E-state index in [0.29, 0.717) is 0 Å². The van der Waals surface area contributed by atoms with Crippen LogP contribution in [0.5, 0.6) is 0 Å². The average molecular weight is 283 g/mol. The van der Waals surface area contributed by atoms with Gasteiger partial charge in [-0.3, -0.25) is 14.6 Å². The van der Waals surface area contributed by atoms with E-state index in [4.69, 9.17) is 5.11 Å². The molecular weight excluding hydrogens is 266 g/mol. The molecule has 0 aliphatic rings. The van der Waals surface area contributed by atoms with Crippen molar-refractivity contribution >= 4 is 11.9 Å². The number of aromatic nitrogens is 2. The first-order valence-electron chi connectivity index (χ1n) is 6.12. The molecule has 0 aromatic carbocycles. The molecule has 1 rings (SSSR count). The van der Waals surface area contributed by atoms with Crippen molar-refractivity contribution in [3.05, 3.63) is 33.1 Å². The van der Waals surface area contributed by atoms with Crippen LogP contribution in [0.15, 0.2) is 21.9 Å². The number of nitrogens with zero attached hydrogens (tertiary/aromatic N) is 1. The van der Waals surface area contributed by atoms with Gasteiger partial charge < -0.3 is 15.0 Å². The first-order chi connectivity index (χ1) is 9.28. The van der Waals surface area contributed by atoms with Crippen molar-refractivity contribution in [3.8, 4) is 0 Å². The summed E-state index contributed by atoms with van der Waals surface area (Å²) >= 11 is 0. The smallest absolute Gasteiger partial charge is 0.329 e. The van der Waals surface area contributed by atoms with Crippen LogP contribution in [0.2, 0.25) is 0 Å². The molecule has 0 spiro atoms. The Bertz CT molecular complexity index is 618. The molecular formula is C12H17N3O5. The van der Waals surface area contributed by atoms with Gasteiger partial charge in [0.05, 0.1) is 0 Å². The Morgan fingerprint density at radius 3 is 2.60 bits per heavy atom. The number of carbonyl (C=O) groups is 2. The number of rotatable bonds is 6. The van der Waals surface area contributed by atoms with Gasteiger partial charge in [0, 0.05) is 25.2 Å². The van der Waals surface area contributed by atoms with Crippen molar-refractivity contribution in [2.24, 2.45) is 0 Å². The fourth-order valence-electron chi connectivity index (χ4n) is 1.51. The quantitative estimate of drug-likeness (QED) is 0.637. The summed E-state index contributed by atoms with van der Waals surface area (Å²) < 4.78 is 1.17. The Labute approximate surface area is 114 Å². The summed E-state index contributed by atoms with van der Waals surface area (Å²) in [5, 5.41) is 11.4. The predicted octanol–water partition coefficient (Wildman–Crippen LogP) is -0.704. The minimum Gasteiger partial charge on any atom is -0.480 e. The summed E-state index contributed by atoms with van der Waals surface area (Å²) in [7, 11) is 0. The summed E-state index contributed by atoms with van der Waals surface area (Å²) in [6.07, 6.45) is 1.46. The van der Waals surface area contributed by atoms with E-state index < -0.39 is 28.7 Å². The van der Waals surface area contributed by atoms with E-state index in [-0.39, 0.29) is 19.4 Å². The third kappa shape index (κ3) is 3.81. The third-order valence-corrected chi connectivity index (χ3v) is 3.07. The van der Waals surface area contributed by atoms with Gasteiger partial charge in [0.15, 0.2) is 0 Å². The lowest BCUT2D eigenvalue weighted by molar-refractivity contribution is -0.147. The molecule has 1 aromatic heterocycles. The second-order valence-corrected chi connectivity index (χ2v) is 4.59. The summed E-state index contributed by atoms with van der Waals surface area (Å²) in [5.41, 5.74) is -2.45. The van der Waals surface area contributed by atoms with Crippen LogP contribution in [0.3, 0.4) is 0 Å². The standard InChI is InChI=1S/C12H17N3O5/c1-3-12(2,10(18)19)14-9(17)5-7-15-6-4-8(16)13-11(15)20/h4,6H,3,5,7H2,1-2H3,(H,14,17)(H,18,19)(H,13,16,20). The van der Waals surface area contributed by atoms with Gasteiger partial charge in [-0.2, -0.15) is 0 Å². The van der Waals surface area contributed by atoms with Crippen molar-refractivity contribution in [2.45, 2.75) is 38.8 Å². The van der Waals surface area contributed by atoms with Crippen molar-refractivity contribution in [1.29, 1.82) is 0 Å². The number of aromatic amines is 1. The Balaban J connectivity index is 2.66. The summed E-state index contributed by atoms with van der Waals surface area (Å²) in [4.78, 5) is 47.1. The molecule has 1 heterocycles. The highest BCUT2D eigenvalue weighted by atomic mass is 16.4. The monoisotopic (exact) mass is 283 g/mol. The number of nitrogens with one attached hydrogen (secondary N) is 2. The minimum absolute atomic E-state index is 0.0564. The van der Waals surface area contributed by atoms with Gasteiger partial charge in [-0.25, -0.2) is 9.59 Å². The van der Waals surface area contributed by atoms with Crippen LogP contribution in [-0.4, -0.2) is 32.1 Å². The molecule has 1 atom stereocenters. The molecule has 0 saturated heterocycles. The van der Waals surface area contributed by atoms with Crippen molar-refractivity contribution in [1.82, 2.24) is 14.9 Å². The fourth-order valence-corrected chi connectivity index (χ4v) is 1.51. The highest BCUT2D eigenvalue weighted by Crippen LogP contribution is 2.09. The van der Waals surface area contributed by atoms with E-state index in [1.165, 1.54) is 23.8 Å². The van der Waals surface area contributed by atoms with E-state index in [1.54, 1.807) is 6.92 Å². The molecule has 110 valence electrons. The lowest BCUT2D eigenvalue weighted by atomic mass is 9.99. The Kier molecular flexibility index (Phi) is 4.84. The molecule has 0 aliphatic carbocycles. The van der Waals surface area contributed by atoms with Crippen molar-refractivity contribution in [2.75, 3.05) is 0 Å². The van der Waals surface area contributed by atoms with E-state index in [9.17, 15) is 19.2 Å². The number of hydrogen-bond acceptors (Lipinski definition) is 4. The molecule has 0 radical (unpaired) electrons. The van der Waals surface area contributed by atoms with Gasteiger partial charge in [-0.05, 0) is 13.3 Å². The van der Waals surface area contributed by atoms with Gasteiger partial charge >= 0.3 is 11.7 Å². The van der Waals surface area contributed by atoms with E-state index in [2.05, 4.69) is 10.3 Å². The van der Waals surface area contributed by atoms with Crippen LogP contribution in [0.4, 0.5) is 0 Å². The van der Waals surface area contributed by atoms with Gasteiger partial charge in [0.2, 0.25) is 5.91 Å². The van der Waals surface area contributed by atoms with Crippen LogP contribution in [0.25, 0.3) is 0 Å². The van der Waals surface area contributed by atoms with Gasteiger partial charge in [0.25, 0.3) is 5.56 Å². The van der Waals surface area contributed by atoms with E-state index in [0.717, 1.165) is 0 Å². The number of amides is 1. The molecule has 0 aliphatic heterocycles. The maximum absolute atomic E-state index is 11.7. The lowest BCUT2D eigenvalue weighted by Crippen LogP contribution is -2.51. The number of carbonyl (C=O) groups excluding carboxylic acids is 1. The average Bonchev–Trinajstić information content (AvgIpc) is 2.37. The maximum atomic E-state index is 11.7. The molecule has 0 saturated carbocycles. The second-order valence-electron chi connectivity index (χ2n) is 4.59. The predicted molar refractivity (Wildman–Crippen MR) is 70.4 cm³/mol. The number of aryl methyl sites for hydroxylation is 1. The molecule has 1 unspecified atom stereocenters. The molecule has 8 nitrogen and oxygen atoms in total. The van der Waals surface area contributed by atoms with Gasteiger partial charge in [-0.1, -0.05) is 6.92 Å². The SMILES string of the molecule is CCC(C)(NC(=O)CCn1ccc(=O)[nH]c1=O)C(=O)O. The minimum atomic E-state index is -1.33. The van der Waals surface area contributed by atoms with Crippen LogP contribution in [0.1, 0.15) is 26.7 Å². The number of aliphatic carboxylic acids is 1. The number of H-pyrrole nitrogens is 1.